The van der Waals surface area contributed by atoms with Crippen LogP contribution in [-0.4, -0.2) is 41.3 Å². The Morgan fingerprint density at radius 3 is 2.55 bits per heavy atom. The van der Waals surface area contributed by atoms with Gasteiger partial charge in [0, 0.05) is 23.9 Å². The number of para-hydroxylation sites is 1. The van der Waals surface area contributed by atoms with Crippen molar-refractivity contribution < 1.29 is 19.1 Å². The molecule has 3 aromatic rings. The molecule has 0 saturated heterocycles. The predicted octanol–water partition coefficient (Wildman–Crippen LogP) is 2.39. The van der Waals surface area contributed by atoms with Crippen LogP contribution in [0.4, 0.5) is 0 Å². The van der Waals surface area contributed by atoms with Crippen molar-refractivity contribution in [1.29, 1.82) is 0 Å². The molecule has 0 saturated carbocycles. The highest BCUT2D eigenvalue weighted by molar-refractivity contribution is 7.80. The van der Waals surface area contributed by atoms with Crippen LogP contribution in [0.3, 0.4) is 0 Å². The number of benzene rings is 2. The molecule has 0 unspecified atom stereocenters. The minimum atomic E-state index is -0.399. The summed E-state index contributed by atoms with van der Waals surface area (Å²) >= 11 is 5.08. The summed E-state index contributed by atoms with van der Waals surface area (Å²) in [5, 5.41) is 3.56. The zero-order chi connectivity index (χ0) is 22.1. The number of carbonyl (C=O) groups excluding carboxylic acids is 2. The van der Waals surface area contributed by atoms with Gasteiger partial charge in [0.15, 0.2) is 5.11 Å². The number of nitrogens with zero attached hydrogens (tertiary/aromatic N) is 1. The zero-order valence-corrected chi connectivity index (χ0v) is 17.9. The molecule has 3 rings (SSSR count). The summed E-state index contributed by atoms with van der Waals surface area (Å²) in [6.07, 6.45) is 1.84. The predicted molar refractivity (Wildman–Crippen MR) is 122 cm³/mol. The number of amides is 2. The minimum Gasteiger partial charge on any atom is -0.491 e. The van der Waals surface area contributed by atoms with Crippen molar-refractivity contribution in [2.75, 3.05) is 19.8 Å². The van der Waals surface area contributed by atoms with E-state index in [4.69, 9.17) is 21.7 Å². The molecule has 0 aliphatic heterocycles. The van der Waals surface area contributed by atoms with Crippen LogP contribution in [0.5, 0.6) is 5.75 Å². The Labute approximate surface area is 185 Å². The topological polar surface area (TPSA) is 93.6 Å². The molecule has 1 heterocycles. The average molecular weight is 441 g/mol. The van der Waals surface area contributed by atoms with E-state index < -0.39 is 5.91 Å². The second kappa shape index (κ2) is 11.1. The Hall–Kier alpha value is -3.43. The van der Waals surface area contributed by atoms with Crippen molar-refractivity contribution in [2.45, 2.75) is 13.5 Å². The van der Waals surface area contributed by atoms with Gasteiger partial charge < -0.3 is 14.0 Å². The highest BCUT2D eigenvalue weighted by Crippen LogP contribution is 2.14. The van der Waals surface area contributed by atoms with Gasteiger partial charge >= 0.3 is 0 Å². The van der Waals surface area contributed by atoms with Crippen LogP contribution in [0, 0.1) is 0 Å². The van der Waals surface area contributed by atoms with Crippen molar-refractivity contribution >= 4 is 40.0 Å². The Morgan fingerprint density at radius 1 is 1.00 bits per heavy atom. The molecule has 3 N–H and O–H groups in total. The van der Waals surface area contributed by atoms with Gasteiger partial charge in [-0.3, -0.25) is 25.8 Å². The number of ether oxygens (including phenoxy) is 2. The fourth-order valence-corrected chi connectivity index (χ4v) is 3.01. The van der Waals surface area contributed by atoms with Crippen LogP contribution in [-0.2, 0) is 16.1 Å². The maximum atomic E-state index is 12.3. The van der Waals surface area contributed by atoms with Gasteiger partial charge in [-0.05, 0) is 60.9 Å². The number of nitrogens with one attached hydrogen (secondary N) is 3. The fourth-order valence-electron chi connectivity index (χ4n) is 2.87. The van der Waals surface area contributed by atoms with Crippen LogP contribution in [0.15, 0.2) is 60.8 Å². The van der Waals surface area contributed by atoms with Gasteiger partial charge in [-0.15, -0.1) is 0 Å². The molecule has 9 heteroatoms. The number of hydrazine groups is 1. The molecule has 2 aromatic carbocycles. The SMILES string of the molecule is CCOCCOc1ccc(C(=O)NC(=S)NNC(=O)Cn2ccc3ccccc32)cc1. The maximum absolute atomic E-state index is 12.3. The number of rotatable bonds is 8. The van der Waals surface area contributed by atoms with E-state index in [2.05, 4.69) is 16.2 Å². The normalized spacial score (nSPS) is 10.5. The van der Waals surface area contributed by atoms with Gasteiger partial charge in [0.2, 0.25) is 0 Å². The first-order chi connectivity index (χ1) is 15.1. The van der Waals surface area contributed by atoms with E-state index in [1.165, 1.54) is 0 Å². The van der Waals surface area contributed by atoms with E-state index in [0.717, 1.165) is 10.9 Å². The summed E-state index contributed by atoms with van der Waals surface area (Å²) in [5.74, 6) is -0.0581. The summed E-state index contributed by atoms with van der Waals surface area (Å²) in [4.78, 5) is 24.5. The summed E-state index contributed by atoms with van der Waals surface area (Å²) < 4.78 is 12.5. The quantitative estimate of drug-likeness (QED) is 0.283. The highest BCUT2D eigenvalue weighted by atomic mass is 32.1. The zero-order valence-electron chi connectivity index (χ0n) is 17.1. The second-order valence-electron chi connectivity index (χ2n) is 6.53. The van der Waals surface area contributed by atoms with Gasteiger partial charge in [-0.2, -0.15) is 0 Å². The standard InChI is InChI=1S/C22H24N4O4S/c1-2-29-13-14-30-18-9-7-17(8-10-18)21(28)23-22(31)25-24-20(27)15-26-12-11-16-5-3-4-6-19(16)26/h3-12H,2,13-15H2,1H3,(H,24,27)(H2,23,25,28,31). The number of hydrogen-bond donors (Lipinski definition) is 3. The molecule has 0 spiro atoms. The lowest BCUT2D eigenvalue weighted by molar-refractivity contribution is -0.122. The lowest BCUT2D eigenvalue weighted by atomic mass is 10.2. The van der Waals surface area contributed by atoms with Gasteiger partial charge in [0.1, 0.15) is 18.9 Å². The van der Waals surface area contributed by atoms with Crippen molar-refractivity contribution in [3.63, 3.8) is 0 Å². The van der Waals surface area contributed by atoms with Crippen LogP contribution in [0.2, 0.25) is 0 Å². The molecule has 162 valence electrons. The first kappa shape index (κ1) is 22.3. The van der Waals surface area contributed by atoms with Gasteiger partial charge in [-0.1, -0.05) is 18.2 Å². The molecule has 31 heavy (non-hydrogen) atoms. The molecule has 0 fully saturated rings. The Balaban J connectivity index is 1.42. The van der Waals surface area contributed by atoms with Gasteiger partial charge in [-0.25, -0.2) is 0 Å². The van der Waals surface area contributed by atoms with Crippen molar-refractivity contribution in [2.24, 2.45) is 0 Å². The van der Waals surface area contributed by atoms with Crippen molar-refractivity contribution in [1.82, 2.24) is 20.7 Å². The lowest BCUT2D eigenvalue weighted by Crippen LogP contribution is -2.49. The van der Waals surface area contributed by atoms with Crippen LogP contribution in [0.25, 0.3) is 10.9 Å². The number of fused-ring (bicyclic) bond motifs is 1. The van der Waals surface area contributed by atoms with Crippen LogP contribution in [0.1, 0.15) is 17.3 Å². The molecule has 0 aliphatic rings. The summed E-state index contributed by atoms with van der Waals surface area (Å²) in [6, 6.07) is 16.4. The molecular weight excluding hydrogens is 416 g/mol. The minimum absolute atomic E-state index is 0.00671. The van der Waals surface area contributed by atoms with Crippen LogP contribution >= 0.6 is 12.2 Å². The molecular formula is C22H24N4O4S. The third-order valence-electron chi connectivity index (χ3n) is 4.35. The third kappa shape index (κ3) is 6.53. The van der Waals surface area contributed by atoms with Crippen LogP contribution < -0.4 is 20.9 Å². The van der Waals surface area contributed by atoms with E-state index in [1.54, 1.807) is 24.3 Å². The fraction of sp³-hybridized carbons (Fsp3) is 0.227. The average Bonchev–Trinajstić information content (AvgIpc) is 3.18. The Bertz CT molecular complexity index is 1050. The Kier molecular flexibility index (Phi) is 7.97. The molecule has 2 amide bonds. The van der Waals surface area contributed by atoms with Gasteiger partial charge in [0.05, 0.1) is 6.61 Å². The first-order valence-corrected chi connectivity index (χ1v) is 10.2. The second-order valence-corrected chi connectivity index (χ2v) is 6.94. The molecule has 8 nitrogen and oxygen atoms in total. The first-order valence-electron chi connectivity index (χ1n) is 9.81. The molecule has 0 radical (unpaired) electrons. The number of carbonyl (C=O) groups is 2. The monoisotopic (exact) mass is 440 g/mol. The summed E-state index contributed by atoms with van der Waals surface area (Å²) in [6.45, 7) is 3.61. The number of aromatic nitrogens is 1. The third-order valence-corrected chi connectivity index (χ3v) is 4.56. The smallest absolute Gasteiger partial charge is 0.258 e. The Morgan fingerprint density at radius 2 is 1.77 bits per heavy atom. The molecule has 0 bridgehead atoms. The maximum Gasteiger partial charge on any atom is 0.258 e. The highest BCUT2D eigenvalue weighted by Gasteiger charge is 2.10. The molecule has 0 aliphatic carbocycles. The summed E-state index contributed by atoms with van der Waals surface area (Å²) in [5.41, 5.74) is 6.40. The lowest BCUT2D eigenvalue weighted by Gasteiger charge is -2.12. The molecule has 0 atom stereocenters. The largest absolute Gasteiger partial charge is 0.491 e. The van der Waals surface area contributed by atoms with Crippen molar-refractivity contribution in [3.8, 4) is 5.75 Å². The number of hydrogen-bond acceptors (Lipinski definition) is 5. The van der Waals surface area contributed by atoms with Crippen molar-refractivity contribution in [3.05, 3.63) is 66.4 Å². The van der Waals surface area contributed by atoms with E-state index in [0.29, 0.717) is 31.1 Å². The number of thiocarbonyl (C=S) groups is 1. The van der Waals surface area contributed by atoms with Gasteiger partial charge in [0.25, 0.3) is 11.8 Å². The van der Waals surface area contributed by atoms with E-state index in [9.17, 15) is 9.59 Å². The molecule has 1 aromatic heterocycles. The summed E-state index contributed by atoms with van der Waals surface area (Å²) in [7, 11) is 0. The van der Waals surface area contributed by atoms with E-state index >= 15 is 0 Å². The van der Waals surface area contributed by atoms with E-state index in [1.807, 2.05) is 48.0 Å². The van der Waals surface area contributed by atoms with E-state index in [-0.39, 0.29) is 17.6 Å².